The predicted octanol–water partition coefficient (Wildman–Crippen LogP) is -2.13. The second-order valence-corrected chi connectivity index (χ2v) is 2.05. The van der Waals surface area contributed by atoms with E-state index in [1.54, 1.807) is 24.4 Å². The summed E-state index contributed by atoms with van der Waals surface area (Å²) < 4.78 is 1.85. The van der Waals surface area contributed by atoms with Crippen molar-refractivity contribution in [2.45, 2.75) is 6.54 Å². The fourth-order valence-corrected chi connectivity index (χ4v) is 0.771. The van der Waals surface area contributed by atoms with Crippen LogP contribution in [0.2, 0.25) is 0 Å². The molecule has 0 spiro atoms. The summed E-state index contributed by atoms with van der Waals surface area (Å²) in [6.45, 7) is 4.31. The van der Waals surface area contributed by atoms with Gasteiger partial charge in [0, 0.05) is 6.07 Å². The molecular weight excluding hydrogens is 206 g/mol. The first-order chi connectivity index (χ1) is 4.83. The Kier molecular flexibility index (Phi) is 4.54. The number of allylic oxidation sites excluding steroid dienone is 1. The Morgan fingerprint density at radius 3 is 2.91 bits per heavy atom. The second kappa shape index (κ2) is 4.91. The van der Waals surface area contributed by atoms with Gasteiger partial charge in [0.15, 0.2) is 18.5 Å². The first-order valence-corrected chi connectivity index (χ1v) is 3.12. The third kappa shape index (κ3) is 3.18. The van der Waals surface area contributed by atoms with Gasteiger partial charge in [0.1, 0.15) is 0 Å². The van der Waals surface area contributed by atoms with Crippen LogP contribution >= 0.6 is 0 Å². The van der Waals surface area contributed by atoms with Crippen molar-refractivity contribution in [2.75, 3.05) is 0 Å². The summed E-state index contributed by atoms with van der Waals surface area (Å²) in [4.78, 5) is 0. The van der Waals surface area contributed by atoms with Gasteiger partial charge in [-0.15, -0.1) is 0 Å². The Morgan fingerprint density at radius 2 is 2.36 bits per heavy atom. The minimum absolute atomic E-state index is 0. The number of rotatable bonds is 2. The van der Waals surface area contributed by atoms with Gasteiger partial charge in [0.05, 0.1) is 0 Å². The van der Waals surface area contributed by atoms with Crippen LogP contribution in [-0.2, 0) is 6.54 Å². The van der Waals surface area contributed by atoms with Crippen molar-refractivity contribution in [1.82, 2.24) is 0 Å². The molecule has 1 heterocycles. The lowest BCUT2D eigenvalue weighted by molar-refractivity contribution is -0.687. The average Bonchev–Trinajstić information content (AvgIpc) is 1.88. The molecule has 60 valence electrons. The highest BCUT2D eigenvalue weighted by Crippen LogP contribution is 1.99. The summed E-state index contributed by atoms with van der Waals surface area (Å²) in [6.07, 6.45) is 5.31. The lowest BCUT2D eigenvalue weighted by Crippen LogP contribution is -3.00. The molecule has 0 aliphatic rings. The Bertz CT molecular complexity index is 237. The molecule has 0 bridgehead atoms. The molecule has 0 saturated heterocycles. The van der Waals surface area contributed by atoms with Gasteiger partial charge < -0.3 is 22.1 Å². The molecule has 1 aromatic heterocycles. The van der Waals surface area contributed by atoms with E-state index in [1.165, 1.54) is 0 Å². The maximum atomic E-state index is 8.98. The van der Waals surface area contributed by atoms with E-state index in [4.69, 9.17) is 5.11 Å². The lowest BCUT2D eigenvalue weighted by Gasteiger charge is -1.90. The SMILES string of the molecule is C=CC[n+]1cccc(O)c1.[Br-]. The topological polar surface area (TPSA) is 24.1 Å². The average molecular weight is 216 g/mol. The predicted molar refractivity (Wildman–Crippen MR) is 38.5 cm³/mol. The summed E-state index contributed by atoms with van der Waals surface area (Å²) in [5.74, 6) is 0.282. The van der Waals surface area contributed by atoms with Crippen LogP contribution in [0.15, 0.2) is 37.2 Å². The molecule has 0 aliphatic heterocycles. The zero-order valence-corrected chi connectivity index (χ0v) is 7.66. The highest BCUT2D eigenvalue weighted by Gasteiger charge is 1.95. The van der Waals surface area contributed by atoms with Gasteiger partial charge in [-0.3, -0.25) is 0 Å². The maximum Gasteiger partial charge on any atom is 0.211 e. The van der Waals surface area contributed by atoms with E-state index in [1.807, 2.05) is 10.8 Å². The number of hydrogen-bond acceptors (Lipinski definition) is 1. The van der Waals surface area contributed by atoms with Gasteiger partial charge in [-0.1, -0.05) is 6.58 Å². The molecule has 0 amide bonds. The van der Waals surface area contributed by atoms with Gasteiger partial charge in [0.2, 0.25) is 6.20 Å². The second-order valence-electron chi connectivity index (χ2n) is 2.05. The molecule has 0 unspecified atom stereocenters. The Balaban J connectivity index is 0.000001000. The minimum atomic E-state index is 0. The summed E-state index contributed by atoms with van der Waals surface area (Å²) in [5.41, 5.74) is 0. The van der Waals surface area contributed by atoms with Crippen LogP contribution in [0.3, 0.4) is 0 Å². The molecule has 3 heteroatoms. The van der Waals surface area contributed by atoms with Crippen molar-refractivity contribution in [3.63, 3.8) is 0 Å². The number of aromatic hydroxyl groups is 1. The molecule has 1 N–H and O–H groups in total. The number of hydrogen-bond donors (Lipinski definition) is 1. The highest BCUT2D eigenvalue weighted by atomic mass is 79.9. The third-order valence-corrected chi connectivity index (χ3v) is 1.18. The van der Waals surface area contributed by atoms with Crippen LogP contribution < -0.4 is 21.5 Å². The first-order valence-electron chi connectivity index (χ1n) is 3.12. The zero-order valence-electron chi connectivity index (χ0n) is 6.07. The van der Waals surface area contributed by atoms with Crippen molar-refractivity contribution >= 4 is 0 Å². The molecule has 0 saturated carbocycles. The van der Waals surface area contributed by atoms with Gasteiger partial charge in [-0.05, 0) is 12.1 Å². The van der Waals surface area contributed by atoms with E-state index < -0.39 is 0 Å². The molecule has 0 aliphatic carbocycles. The van der Waals surface area contributed by atoms with E-state index >= 15 is 0 Å². The molecule has 0 atom stereocenters. The maximum absolute atomic E-state index is 8.98. The van der Waals surface area contributed by atoms with Gasteiger partial charge in [0.25, 0.3) is 0 Å². The lowest BCUT2D eigenvalue weighted by atomic mass is 10.4. The third-order valence-electron chi connectivity index (χ3n) is 1.18. The van der Waals surface area contributed by atoms with E-state index in [-0.39, 0.29) is 22.7 Å². The Morgan fingerprint density at radius 1 is 1.64 bits per heavy atom. The van der Waals surface area contributed by atoms with E-state index in [9.17, 15) is 0 Å². The number of nitrogens with zero attached hydrogens (tertiary/aromatic N) is 1. The monoisotopic (exact) mass is 215 g/mol. The molecular formula is C8H10BrNO. The molecule has 0 radical (unpaired) electrons. The minimum Gasteiger partial charge on any atom is -1.00 e. The quantitative estimate of drug-likeness (QED) is 0.443. The highest BCUT2D eigenvalue weighted by molar-refractivity contribution is 5.09. The molecule has 0 fully saturated rings. The smallest absolute Gasteiger partial charge is 0.211 e. The van der Waals surface area contributed by atoms with Crippen LogP contribution in [0.1, 0.15) is 0 Å². The van der Waals surface area contributed by atoms with Crippen LogP contribution in [-0.4, -0.2) is 5.11 Å². The molecule has 11 heavy (non-hydrogen) atoms. The van der Waals surface area contributed by atoms with Crippen LogP contribution in [0.4, 0.5) is 0 Å². The van der Waals surface area contributed by atoms with Gasteiger partial charge in [-0.25, -0.2) is 0 Å². The summed E-state index contributed by atoms with van der Waals surface area (Å²) in [7, 11) is 0. The van der Waals surface area contributed by atoms with Crippen molar-refractivity contribution in [1.29, 1.82) is 0 Å². The summed E-state index contributed by atoms with van der Waals surface area (Å²) in [5, 5.41) is 8.98. The van der Waals surface area contributed by atoms with E-state index in [2.05, 4.69) is 6.58 Å². The van der Waals surface area contributed by atoms with Crippen LogP contribution in [0, 0.1) is 0 Å². The van der Waals surface area contributed by atoms with Gasteiger partial charge in [-0.2, -0.15) is 4.57 Å². The zero-order chi connectivity index (χ0) is 7.40. The molecule has 0 aromatic carbocycles. The van der Waals surface area contributed by atoms with Crippen molar-refractivity contribution in [2.24, 2.45) is 0 Å². The van der Waals surface area contributed by atoms with Crippen LogP contribution in [0.25, 0.3) is 0 Å². The van der Waals surface area contributed by atoms with Crippen LogP contribution in [0.5, 0.6) is 5.75 Å². The number of aromatic nitrogens is 1. The Hall–Kier alpha value is -0.830. The summed E-state index contributed by atoms with van der Waals surface area (Å²) >= 11 is 0. The molecule has 1 aromatic rings. The Labute approximate surface area is 76.6 Å². The normalized spacial score (nSPS) is 8.36. The summed E-state index contributed by atoms with van der Waals surface area (Å²) in [6, 6.07) is 3.43. The number of halogens is 1. The van der Waals surface area contributed by atoms with Gasteiger partial charge >= 0.3 is 0 Å². The van der Waals surface area contributed by atoms with E-state index in [0.717, 1.165) is 6.54 Å². The fraction of sp³-hybridized carbons (Fsp3) is 0.125. The van der Waals surface area contributed by atoms with Crippen molar-refractivity contribution in [3.05, 3.63) is 37.2 Å². The largest absolute Gasteiger partial charge is 1.00 e. The first kappa shape index (κ1) is 10.2. The van der Waals surface area contributed by atoms with Crippen molar-refractivity contribution < 1.29 is 26.7 Å². The standard InChI is InChI=1S/C8H9NO.BrH/c1-2-5-9-6-3-4-8(10)7-9;/h2-4,6-7H,1,5H2;1H. The fourth-order valence-electron chi connectivity index (χ4n) is 0.771. The number of pyridine rings is 1. The van der Waals surface area contributed by atoms with E-state index in [0.29, 0.717) is 0 Å². The van der Waals surface area contributed by atoms with Crippen molar-refractivity contribution in [3.8, 4) is 5.75 Å². The molecule has 2 nitrogen and oxygen atoms in total. The molecule has 1 rings (SSSR count).